The Kier molecular flexibility index (Phi) is 6.08. The first-order valence-corrected chi connectivity index (χ1v) is 10.1. The average molecular weight is 403 g/mol. The lowest BCUT2D eigenvalue weighted by Crippen LogP contribution is -2.20. The minimum atomic E-state index is -0.207. The number of amides is 1. The maximum absolute atomic E-state index is 12.1. The van der Waals surface area contributed by atoms with Crippen molar-refractivity contribution in [3.05, 3.63) is 66.5 Å². The van der Waals surface area contributed by atoms with Gasteiger partial charge in [0.05, 0.1) is 0 Å². The number of para-hydroxylation sites is 1. The molecule has 2 aromatic carbocycles. The SMILES string of the molecule is Cc1nc(Nc2ccc(NC(=O)COc3ccccc3)cc2)cc(N2CCCC2)n1. The van der Waals surface area contributed by atoms with Crippen molar-refractivity contribution in [1.82, 2.24) is 9.97 Å². The Bertz CT molecular complexity index is 986. The predicted octanol–water partition coefficient (Wildman–Crippen LogP) is 4.15. The van der Waals surface area contributed by atoms with Crippen molar-refractivity contribution >= 4 is 28.9 Å². The third kappa shape index (κ3) is 5.26. The van der Waals surface area contributed by atoms with E-state index in [0.717, 1.165) is 36.2 Å². The van der Waals surface area contributed by atoms with Crippen molar-refractivity contribution in [3.63, 3.8) is 0 Å². The Morgan fingerprint density at radius 1 is 1.00 bits per heavy atom. The van der Waals surface area contributed by atoms with Gasteiger partial charge in [-0.1, -0.05) is 18.2 Å². The number of anilines is 4. The lowest BCUT2D eigenvalue weighted by atomic mass is 10.2. The number of carbonyl (C=O) groups is 1. The molecule has 0 unspecified atom stereocenters. The summed E-state index contributed by atoms with van der Waals surface area (Å²) in [4.78, 5) is 23.4. The van der Waals surface area contributed by atoms with Gasteiger partial charge in [0.15, 0.2) is 6.61 Å². The molecule has 7 nitrogen and oxygen atoms in total. The number of nitrogens with one attached hydrogen (secondary N) is 2. The molecule has 2 N–H and O–H groups in total. The van der Waals surface area contributed by atoms with Gasteiger partial charge in [-0.25, -0.2) is 9.97 Å². The van der Waals surface area contributed by atoms with Gasteiger partial charge in [0.1, 0.15) is 23.2 Å². The lowest BCUT2D eigenvalue weighted by molar-refractivity contribution is -0.118. The quantitative estimate of drug-likeness (QED) is 0.617. The highest BCUT2D eigenvalue weighted by Gasteiger charge is 2.15. The Hall–Kier alpha value is -3.61. The fraction of sp³-hybridized carbons (Fsp3) is 0.261. The summed E-state index contributed by atoms with van der Waals surface area (Å²) in [5.74, 6) is 2.92. The van der Waals surface area contributed by atoms with E-state index in [4.69, 9.17) is 4.74 Å². The minimum Gasteiger partial charge on any atom is -0.484 e. The molecule has 0 radical (unpaired) electrons. The molecule has 0 aliphatic carbocycles. The third-order valence-electron chi connectivity index (χ3n) is 4.81. The van der Waals surface area contributed by atoms with E-state index in [-0.39, 0.29) is 12.5 Å². The second kappa shape index (κ2) is 9.26. The van der Waals surface area contributed by atoms with Crippen LogP contribution in [0.4, 0.5) is 23.0 Å². The molecule has 7 heteroatoms. The van der Waals surface area contributed by atoms with E-state index in [2.05, 4.69) is 25.5 Å². The summed E-state index contributed by atoms with van der Waals surface area (Å²) in [6, 6.07) is 18.7. The van der Waals surface area contributed by atoms with E-state index >= 15 is 0 Å². The average Bonchev–Trinajstić information content (AvgIpc) is 3.29. The van der Waals surface area contributed by atoms with Crippen LogP contribution in [-0.2, 0) is 4.79 Å². The van der Waals surface area contributed by atoms with E-state index in [1.54, 1.807) is 0 Å². The molecule has 0 saturated carbocycles. The Morgan fingerprint density at radius 3 is 2.43 bits per heavy atom. The molecule has 3 aromatic rings. The summed E-state index contributed by atoms with van der Waals surface area (Å²) in [7, 11) is 0. The van der Waals surface area contributed by atoms with E-state index in [1.807, 2.05) is 67.6 Å². The first-order chi connectivity index (χ1) is 14.7. The summed E-state index contributed by atoms with van der Waals surface area (Å²) in [5.41, 5.74) is 1.60. The number of benzene rings is 2. The molecule has 1 saturated heterocycles. The molecule has 154 valence electrons. The van der Waals surface area contributed by atoms with Gasteiger partial charge in [0, 0.05) is 30.5 Å². The van der Waals surface area contributed by atoms with Gasteiger partial charge >= 0.3 is 0 Å². The summed E-state index contributed by atoms with van der Waals surface area (Å²) in [5, 5.41) is 6.16. The Morgan fingerprint density at radius 2 is 1.70 bits per heavy atom. The van der Waals surface area contributed by atoms with Gasteiger partial charge in [-0.05, 0) is 56.2 Å². The molecule has 4 rings (SSSR count). The molecule has 1 aliphatic heterocycles. The highest BCUT2D eigenvalue weighted by molar-refractivity contribution is 5.92. The first-order valence-electron chi connectivity index (χ1n) is 10.1. The van der Waals surface area contributed by atoms with Gasteiger partial charge in [0.2, 0.25) is 0 Å². The molecule has 1 amide bonds. The summed E-state index contributed by atoms with van der Waals surface area (Å²) < 4.78 is 5.46. The number of rotatable bonds is 7. The zero-order valence-electron chi connectivity index (χ0n) is 17.0. The predicted molar refractivity (Wildman–Crippen MR) is 119 cm³/mol. The Balaban J connectivity index is 1.34. The minimum absolute atomic E-state index is 0.0382. The van der Waals surface area contributed by atoms with Crippen LogP contribution in [0.2, 0.25) is 0 Å². The zero-order valence-corrected chi connectivity index (χ0v) is 17.0. The number of hydrogen-bond acceptors (Lipinski definition) is 6. The fourth-order valence-corrected chi connectivity index (χ4v) is 3.37. The van der Waals surface area contributed by atoms with E-state index in [9.17, 15) is 4.79 Å². The van der Waals surface area contributed by atoms with Gasteiger partial charge in [-0.3, -0.25) is 4.79 Å². The largest absolute Gasteiger partial charge is 0.484 e. The van der Waals surface area contributed by atoms with Crippen molar-refractivity contribution < 1.29 is 9.53 Å². The maximum atomic E-state index is 12.1. The molecule has 1 aromatic heterocycles. The highest BCUT2D eigenvalue weighted by Crippen LogP contribution is 2.23. The molecule has 0 bridgehead atoms. The number of ether oxygens (including phenoxy) is 1. The smallest absolute Gasteiger partial charge is 0.262 e. The fourth-order valence-electron chi connectivity index (χ4n) is 3.37. The third-order valence-corrected chi connectivity index (χ3v) is 4.81. The van der Waals surface area contributed by atoms with Crippen molar-refractivity contribution in [2.75, 3.05) is 35.2 Å². The number of carbonyl (C=O) groups excluding carboxylic acids is 1. The van der Waals surface area contributed by atoms with Crippen LogP contribution in [0.1, 0.15) is 18.7 Å². The molecule has 1 aliphatic rings. The Labute approximate surface area is 176 Å². The van der Waals surface area contributed by atoms with Crippen molar-refractivity contribution in [1.29, 1.82) is 0 Å². The monoisotopic (exact) mass is 403 g/mol. The van der Waals surface area contributed by atoms with Crippen LogP contribution in [-0.4, -0.2) is 35.6 Å². The van der Waals surface area contributed by atoms with Crippen molar-refractivity contribution in [3.8, 4) is 5.75 Å². The van der Waals surface area contributed by atoms with Crippen LogP contribution in [0.3, 0.4) is 0 Å². The van der Waals surface area contributed by atoms with E-state index in [0.29, 0.717) is 11.4 Å². The van der Waals surface area contributed by atoms with E-state index in [1.165, 1.54) is 12.8 Å². The molecule has 0 spiro atoms. The molecule has 30 heavy (non-hydrogen) atoms. The van der Waals surface area contributed by atoms with E-state index < -0.39 is 0 Å². The molecule has 2 heterocycles. The second-order valence-corrected chi connectivity index (χ2v) is 7.21. The van der Waals surface area contributed by atoms with Gasteiger partial charge in [0.25, 0.3) is 5.91 Å². The lowest BCUT2D eigenvalue weighted by Gasteiger charge is -2.18. The van der Waals surface area contributed by atoms with Crippen LogP contribution < -0.4 is 20.3 Å². The van der Waals surface area contributed by atoms with Crippen LogP contribution in [0, 0.1) is 6.92 Å². The van der Waals surface area contributed by atoms with Crippen LogP contribution >= 0.6 is 0 Å². The highest BCUT2D eigenvalue weighted by atomic mass is 16.5. The summed E-state index contributed by atoms with van der Waals surface area (Å²) in [6.07, 6.45) is 2.41. The number of aromatic nitrogens is 2. The zero-order chi connectivity index (χ0) is 20.8. The number of hydrogen-bond donors (Lipinski definition) is 2. The standard InChI is InChI=1S/C23H25N5O2/c1-17-24-21(15-22(25-17)28-13-5-6-14-28)26-18-9-11-19(12-10-18)27-23(29)16-30-20-7-3-2-4-8-20/h2-4,7-12,15H,5-6,13-14,16H2,1H3,(H,27,29)(H,24,25,26). The van der Waals surface area contributed by atoms with Crippen molar-refractivity contribution in [2.45, 2.75) is 19.8 Å². The summed E-state index contributed by atoms with van der Waals surface area (Å²) in [6.45, 7) is 3.95. The normalized spacial score (nSPS) is 13.2. The van der Waals surface area contributed by atoms with Gasteiger partial charge in [-0.15, -0.1) is 0 Å². The maximum Gasteiger partial charge on any atom is 0.262 e. The molecular weight excluding hydrogens is 378 g/mol. The van der Waals surface area contributed by atoms with Gasteiger partial charge < -0.3 is 20.3 Å². The number of aryl methyl sites for hydroxylation is 1. The van der Waals surface area contributed by atoms with Crippen LogP contribution in [0.25, 0.3) is 0 Å². The molecular formula is C23H25N5O2. The summed E-state index contributed by atoms with van der Waals surface area (Å²) >= 11 is 0. The molecule has 1 fully saturated rings. The van der Waals surface area contributed by atoms with Crippen molar-refractivity contribution in [2.24, 2.45) is 0 Å². The second-order valence-electron chi connectivity index (χ2n) is 7.21. The van der Waals surface area contributed by atoms with Crippen LogP contribution in [0.5, 0.6) is 5.75 Å². The first kappa shape index (κ1) is 19.7. The van der Waals surface area contributed by atoms with Gasteiger partial charge in [-0.2, -0.15) is 0 Å². The number of nitrogens with zero attached hydrogens (tertiary/aromatic N) is 3. The topological polar surface area (TPSA) is 79.4 Å². The molecule has 0 atom stereocenters. The van der Waals surface area contributed by atoms with Crippen LogP contribution in [0.15, 0.2) is 60.7 Å².